The number of carbonyl (C=O) groups excluding carboxylic acids is 1. The second-order valence-corrected chi connectivity index (χ2v) is 4.81. The van der Waals surface area contributed by atoms with Crippen molar-refractivity contribution in [3.63, 3.8) is 0 Å². The van der Waals surface area contributed by atoms with Gasteiger partial charge in [0.25, 0.3) is 0 Å². The van der Waals surface area contributed by atoms with Crippen LogP contribution in [0.5, 0.6) is 5.75 Å². The fourth-order valence-electron chi connectivity index (χ4n) is 2.09. The standard InChI is InChI=1S/C17H19NO3/c1-21-17(20)16(11-13-7-9-15(19)10-8-13)18-12-14-5-3-2-4-6-14/h2-10,16,18-19H,11-12H2,1H3/t16-/m0/s1. The highest BCUT2D eigenvalue weighted by Crippen LogP contribution is 2.12. The van der Waals surface area contributed by atoms with Gasteiger partial charge in [0.05, 0.1) is 7.11 Å². The number of nitrogens with one attached hydrogen (secondary N) is 1. The van der Waals surface area contributed by atoms with Crippen molar-refractivity contribution in [3.8, 4) is 5.75 Å². The van der Waals surface area contributed by atoms with Gasteiger partial charge in [0, 0.05) is 6.54 Å². The fraction of sp³-hybridized carbons (Fsp3) is 0.235. The molecule has 1 atom stereocenters. The molecule has 2 aromatic rings. The molecule has 0 aliphatic heterocycles. The van der Waals surface area contributed by atoms with Gasteiger partial charge < -0.3 is 15.2 Å². The smallest absolute Gasteiger partial charge is 0.323 e. The maximum absolute atomic E-state index is 11.9. The second-order valence-electron chi connectivity index (χ2n) is 4.81. The molecule has 2 aromatic carbocycles. The minimum absolute atomic E-state index is 0.214. The molecule has 0 radical (unpaired) electrons. The lowest BCUT2D eigenvalue weighted by molar-refractivity contribution is -0.143. The Hall–Kier alpha value is -2.33. The molecule has 0 fully saturated rings. The summed E-state index contributed by atoms with van der Waals surface area (Å²) in [6, 6.07) is 16.3. The Morgan fingerprint density at radius 3 is 2.38 bits per heavy atom. The third kappa shape index (κ3) is 4.61. The molecule has 110 valence electrons. The van der Waals surface area contributed by atoms with Gasteiger partial charge in [-0.2, -0.15) is 0 Å². The van der Waals surface area contributed by atoms with Crippen LogP contribution in [0, 0.1) is 0 Å². The summed E-state index contributed by atoms with van der Waals surface area (Å²) >= 11 is 0. The van der Waals surface area contributed by atoms with Crippen molar-refractivity contribution in [1.29, 1.82) is 0 Å². The molecule has 2 N–H and O–H groups in total. The predicted octanol–water partition coefficient (Wildman–Crippen LogP) is 2.27. The summed E-state index contributed by atoms with van der Waals surface area (Å²) in [5, 5.41) is 12.5. The van der Waals surface area contributed by atoms with Gasteiger partial charge in [0.15, 0.2) is 0 Å². The number of esters is 1. The summed E-state index contributed by atoms with van der Waals surface area (Å²) in [6.07, 6.45) is 0.514. The van der Waals surface area contributed by atoms with Gasteiger partial charge in [-0.3, -0.25) is 4.79 Å². The van der Waals surface area contributed by atoms with Crippen molar-refractivity contribution in [2.24, 2.45) is 0 Å². The van der Waals surface area contributed by atoms with Crippen LogP contribution in [-0.4, -0.2) is 24.2 Å². The molecule has 0 aromatic heterocycles. The van der Waals surface area contributed by atoms with Gasteiger partial charge in [-0.05, 0) is 29.7 Å². The average Bonchev–Trinajstić information content (AvgIpc) is 2.53. The number of rotatable bonds is 6. The van der Waals surface area contributed by atoms with Crippen LogP contribution >= 0.6 is 0 Å². The first-order valence-corrected chi connectivity index (χ1v) is 6.82. The SMILES string of the molecule is COC(=O)[C@H](Cc1ccc(O)cc1)NCc1ccccc1. The van der Waals surface area contributed by atoms with Crippen molar-refractivity contribution in [1.82, 2.24) is 5.32 Å². The highest BCUT2D eigenvalue weighted by molar-refractivity contribution is 5.76. The lowest BCUT2D eigenvalue weighted by Crippen LogP contribution is -2.39. The van der Waals surface area contributed by atoms with E-state index in [4.69, 9.17) is 4.74 Å². The number of phenols is 1. The fourth-order valence-corrected chi connectivity index (χ4v) is 2.09. The Balaban J connectivity index is 2.01. The lowest BCUT2D eigenvalue weighted by Gasteiger charge is -2.16. The molecule has 0 bridgehead atoms. The van der Waals surface area contributed by atoms with Crippen molar-refractivity contribution in [2.75, 3.05) is 7.11 Å². The first kappa shape index (κ1) is 15.1. The van der Waals surface area contributed by atoms with E-state index in [2.05, 4.69) is 5.32 Å². The first-order valence-electron chi connectivity index (χ1n) is 6.82. The molecule has 0 unspecified atom stereocenters. The van der Waals surface area contributed by atoms with E-state index in [1.54, 1.807) is 24.3 Å². The van der Waals surface area contributed by atoms with E-state index >= 15 is 0 Å². The van der Waals surface area contributed by atoms with Crippen LogP contribution in [0.15, 0.2) is 54.6 Å². The van der Waals surface area contributed by atoms with Crippen LogP contribution < -0.4 is 5.32 Å². The molecule has 4 heteroatoms. The summed E-state index contributed by atoms with van der Waals surface area (Å²) in [5.41, 5.74) is 2.07. The van der Waals surface area contributed by atoms with Gasteiger partial charge in [0.1, 0.15) is 11.8 Å². The summed E-state index contributed by atoms with van der Waals surface area (Å²) in [6.45, 7) is 0.596. The summed E-state index contributed by atoms with van der Waals surface area (Å²) in [5.74, 6) is -0.0791. The summed E-state index contributed by atoms with van der Waals surface area (Å²) in [7, 11) is 1.39. The Bertz CT molecular complexity index is 566. The molecule has 0 heterocycles. The first-order chi connectivity index (χ1) is 10.2. The van der Waals surface area contributed by atoms with E-state index in [1.807, 2.05) is 30.3 Å². The van der Waals surface area contributed by atoms with E-state index in [0.717, 1.165) is 11.1 Å². The number of aromatic hydroxyl groups is 1. The third-order valence-electron chi connectivity index (χ3n) is 3.26. The molecule has 0 aliphatic rings. The highest BCUT2D eigenvalue weighted by Gasteiger charge is 2.19. The number of hydrogen-bond acceptors (Lipinski definition) is 4. The van der Waals surface area contributed by atoms with E-state index in [1.165, 1.54) is 7.11 Å². The molecule has 0 amide bonds. The Kier molecular flexibility index (Phi) is 5.35. The van der Waals surface area contributed by atoms with Crippen molar-refractivity contribution < 1.29 is 14.6 Å². The predicted molar refractivity (Wildman–Crippen MR) is 80.9 cm³/mol. The van der Waals surface area contributed by atoms with Crippen LogP contribution in [0.1, 0.15) is 11.1 Å². The molecule has 0 spiro atoms. The van der Waals surface area contributed by atoms with Crippen LogP contribution in [-0.2, 0) is 22.5 Å². The van der Waals surface area contributed by atoms with Crippen molar-refractivity contribution in [3.05, 3.63) is 65.7 Å². The van der Waals surface area contributed by atoms with Gasteiger partial charge in [-0.25, -0.2) is 0 Å². The molecule has 0 aliphatic carbocycles. The van der Waals surface area contributed by atoms with Crippen LogP contribution in [0.25, 0.3) is 0 Å². The van der Waals surface area contributed by atoms with E-state index in [9.17, 15) is 9.90 Å². The van der Waals surface area contributed by atoms with Crippen LogP contribution in [0.4, 0.5) is 0 Å². The number of benzene rings is 2. The zero-order valence-corrected chi connectivity index (χ0v) is 12.0. The molecule has 0 saturated heterocycles. The van der Waals surface area contributed by atoms with Crippen molar-refractivity contribution in [2.45, 2.75) is 19.0 Å². The van der Waals surface area contributed by atoms with E-state index < -0.39 is 6.04 Å². The number of carbonyl (C=O) groups is 1. The zero-order valence-electron chi connectivity index (χ0n) is 12.0. The third-order valence-corrected chi connectivity index (χ3v) is 3.26. The van der Waals surface area contributed by atoms with Crippen LogP contribution in [0.3, 0.4) is 0 Å². The normalized spacial score (nSPS) is 11.9. The number of hydrogen-bond donors (Lipinski definition) is 2. The van der Waals surface area contributed by atoms with E-state index in [-0.39, 0.29) is 11.7 Å². The van der Waals surface area contributed by atoms with Crippen molar-refractivity contribution >= 4 is 5.97 Å². The zero-order chi connectivity index (χ0) is 15.1. The largest absolute Gasteiger partial charge is 0.508 e. The number of methoxy groups -OCH3 is 1. The van der Waals surface area contributed by atoms with Gasteiger partial charge >= 0.3 is 5.97 Å². The molecule has 2 rings (SSSR count). The molecular weight excluding hydrogens is 266 g/mol. The van der Waals surface area contributed by atoms with Gasteiger partial charge in [-0.1, -0.05) is 42.5 Å². The minimum Gasteiger partial charge on any atom is -0.508 e. The maximum Gasteiger partial charge on any atom is 0.323 e. The summed E-state index contributed by atoms with van der Waals surface area (Å²) < 4.78 is 4.85. The molecular formula is C17H19NO3. The maximum atomic E-state index is 11.9. The van der Waals surface area contributed by atoms with Gasteiger partial charge in [0.2, 0.25) is 0 Å². The quantitative estimate of drug-likeness (QED) is 0.799. The minimum atomic E-state index is -0.417. The molecule has 4 nitrogen and oxygen atoms in total. The van der Waals surface area contributed by atoms with Gasteiger partial charge in [-0.15, -0.1) is 0 Å². The number of phenolic OH excluding ortho intramolecular Hbond substituents is 1. The number of ether oxygens (including phenoxy) is 1. The second kappa shape index (κ2) is 7.45. The van der Waals surface area contributed by atoms with E-state index in [0.29, 0.717) is 13.0 Å². The summed E-state index contributed by atoms with van der Waals surface area (Å²) in [4.78, 5) is 11.9. The van der Waals surface area contributed by atoms with Crippen LogP contribution in [0.2, 0.25) is 0 Å². The Morgan fingerprint density at radius 2 is 1.76 bits per heavy atom. The monoisotopic (exact) mass is 285 g/mol. The topological polar surface area (TPSA) is 58.6 Å². The Labute approximate surface area is 124 Å². The highest BCUT2D eigenvalue weighted by atomic mass is 16.5. The Morgan fingerprint density at radius 1 is 1.10 bits per heavy atom. The average molecular weight is 285 g/mol. The lowest BCUT2D eigenvalue weighted by atomic mass is 10.1. The molecule has 21 heavy (non-hydrogen) atoms. The molecule has 0 saturated carbocycles.